The minimum absolute atomic E-state index is 0.0936. The van der Waals surface area contributed by atoms with Gasteiger partial charge in [-0.3, -0.25) is 14.4 Å². The van der Waals surface area contributed by atoms with Crippen molar-refractivity contribution in [3.8, 4) is 5.75 Å². The fourth-order valence-electron chi connectivity index (χ4n) is 6.00. The third kappa shape index (κ3) is 5.67. The lowest BCUT2D eigenvalue weighted by atomic mass is 9.64. The topological polar surface area (TPSA) is 84.5 Å². The Morgan fingerprint density at radius 1 is 0.923 bits per heavy atom. The molecule has 0 saturated heterocycles. The van der Waals surface area contributed by atoms with E-state index in [0.717, 1.165) is 35.4 Å². The first-order valence-electron chi connectivity index (χ1n) is 13.4. The van der Waals surface area contributed by atoms with Crippen LogP contribution < -0.4 is 15.4 Å². The summed E-state index contributed by atoms with van der Waals surface area (Å²) in [5.41, 5.74) is 5.46. The van der Waals surface area contributed by atoms with Gasteiger partial charge in [-0.2, -0.15) is 0 Å². The minimum Gasteiger partial charge on any atom is -0.484 e. The number of Topliss-reactive ketones (excluding diaryl/α,β-unsaturated/α-hetero) is 2. The fourth-order valence-corrected chi connectivity index (χ4v) is 6.18. The van der Waals surface area contributed by atoms with Crippen LogP contribution in [0.1, 0.15) is 70.4 Å². The summed E-state index contributed by atoms with van der Waals surface area (Å²) in [5, 5.41) is 6.91. The van der Waals surface area contributed by atoms with Crippen molar-refractivity contribution >= 4 is 34.8 Å². The van der Waals surface area contributed by atoms with Gasteiger partial charge in [0.1, 0.15) is 5.75 Å². The summed E-state index contributed by atoms with van der Waals surface area (Å²) < 4.78 is 5.73. The Morgan fingerprint density at radius 2 is 1.49 bits per heavy atom. The molecule has 0 saturated carbocycles. The first kappa shape index (κ1) is 27.2. The van der Waals surface area contributed by atoms with Crippen molar-refractivity contribution in [2.45, 2.75) is 66.2 Å². The third-order valence-corrected chi connectivity index (χ3v) is 8.17. The summed E-state index contributed by atoms with van der Waals surface area (Å²) in [6, 6.07) is 12.7. The molecule has 2 aromatic carbocycles. The van der Waals surface area contributed by atoms with Crippen LogP contribution >= 0.6 is 11.6 Å². The van der Waals surface area contributed by atoms with E-state index in [9.17, 15) is 14.4 Å². The van der Waals surface area contributed by atoms with Gasteiger partial charge in [-0.15, -0.1) is 0 Å². The number of nitrogens with one attached hydrogen (secondary N) is 2. The summed E-state index contributed by atoms with van der Waals surface area (Å²) in [4.78, 5) is 39.3. The van der Waals surface area contributed by atoms with Crippen molar-refractivity contribution in [3.63, 3.8) is 0 Å². The number of hydrogen-bond donors (Lipinski definition) is 2. The van der Waals surface area contributed by atoms with Crippen LogP contribution in [0, 0.1) is 17.8 Å². The average molecular weight is 547 g/mol. The Morgan fingerprint density at radius 3 is 2.03 bits per heavy atom. The number of allylic oxidation sites excluding steroid dienone is 4. The first-order valence-corrected chi connectivity index (χ1v) is 13.8. The van der Waals surface area contributed by atoms with Crippen molar-refractivity contribution < 1.29 is 19.1 Å². The van der Waals surface area contributed by atoms with Crippen LogP contribution in [0.4, 0.5) is 5.69 Å². The summed E-state index contributed by atoms with van der Waals surface area (Å²) in [6.45, 7) is 10.2. The first-order chi connectivity index (χ1) is 18.3. The van der Waals surface area contributed by atoms with E-state index < -0.39 is 5.92 Å². The van der Waals surface area contributed by atoms with Crippen LogP contribution in [0.2, 0.25) is 5.02 Å². The minimum atomic E-state index is -0.396. The molecule has 0 bridgehead atoms. The van der Waals surface area contributed by atoms with E-state index in [1.54, 1.807) is 24.3 Å². The molecule has 3 aliphatic rings. The number of ether oxygens (including phenoxy) is 1. The highest BCUT2D eigenvalue weighted by atomic mass is 35.5. The number of anilines is 1. The van der Waals surface area contributed by atoms with E-state index >= 15 is 0 Å². The second kappa shape index (κ2) is 9.98. The number of dihydropyridines is 1. The van der Waals surface area contributed by atoms with Crippen molar-refractivity contribution in [1.82, 2.24) is 5.32 Å². The molecule has 0 aromatic heterocycles. The smallest absolute Gasteiger partial charge is 0.262 e. The monoisotopic (exact) mass is 546 g/mol. The molecule has 2 N–H and O–H groups in total. The van der Waals surface area contributed by atoms with Crippen molar-refractivity contribution in [2.24, 2.45) is 10.8 Å². The van der Waals surface area contributed by atoms with E-state index in [4.69, 9.17) is 16.3 Å². The predicted molar refractivity (Wildman–Crippen MR) is 153 cm³/mol. The molecule has 0 radical (unpaired) electrons. The van der Waals surface area contributed by atoms with Gasteiger partial charge >= 0.3 is 0 Å². The molecule has 1 heterocycles. The molecule has 7 heteroatoms. The average Bonchev–Trinajstić information content (AvgIpc) is 2.82. The van der Waals surface area contributed by atoms with Gasteiger partial charge in [-0.05, 0) is 66.0 Å². The highest BCUT2D eigenvalue weighted by molar-refractivity contribution is 6.31. The Bertz CT molecular complexity index is 1380. The van der Waals surface area contributed by atoms with Gasteiger partial charge in [0.2, 0.25) is 0 Å². The number of amides is 1. The predicted octanol–water partition coefficient (Wildman–Crippen LogP) is 6.64. The van der Waals surface area contributed by atoms with Gasteiger partial charge in [0.15, 0.2) is 18.2 Å². The molecule has 1 aliphatic heterocycles. The van der Waals surface area contributed by atoms with Gasteiger partial charge < -0.3 is 15.4 Å². The lowest BCUT2D eigenvalue weighted by Gasteiger charge is -2.44. The van der Waals surface area contributed by atoms with Crippen LogP contribution in [-0.2, 0) is 14.4 Å². The SMILES string of the molecule is Cc1ccc(NC(=O)COc2ccc(C3C4=C(CC(C)(C)CC4=O)NC4=C3C(=O)CC(C)(C)C4)cc2)cc1Cl. The maximum atomic E-state index is 13.5. The van der Waals surface area contributed by atoms with E-state index in [-0.39, 0.29) is 34.9 Å². The number of aryl methyl sites for hydroxylation is 1. The fraction of sp³-hybridized carbons (Fsp3) is 0.406. The molecule has 204 valence electrons. The lowest BCUT2D eigenvalue weighted by Crippen LogP contribution is -2.42. The molecule has 0 unspecified atom stereocenters. The zero-order chi connectivity index (χ0) is 28.1. The maximum absolute atomic E-state index is 13.5. The van der Waals surface area contributed by atoms with Gasteiger partial charge in [-0.1, -0.05) is 57.5 Å². The molecule has 5 rings (SSSR count). The quantitative estimate of drug-likeness (QED) is 0.439. The molecule has 0 atom stereocenters. The van der Waals surface area contributed by atoms with Crippen molar-refractivity contribution in [3.05, 3.63) is 81.2 Å². The zero-order valence-electron chi connectivity index (χ0n) is 23.2. The van der Waals surface area contributed by atoms with Crippen LogP contribution in [-0.4, -0.2) is 24.1 Å². The van der Waals surface area contributed by atoms with E-state index in [1.165, 1.54) is 0 Å². The van der Waals surface area contributed by atoms with E-state index in [1.807, 2.05) is 25.1 Å². The van der Waals surface area contributed by atoms with Gasteiger partial charge in [0, 0.05) is 52.0 Å². The van der Waals surface area contributed by atoms with Crippen molar-refractivity contribution in [1.29, 1.82) is 0 Å². The maximum Gasteiger partial charge on any atom is 0.262 e. The highest BCUT2D eigenvalue weighted by Crippen LogP contribution is 2.51. The normalized spacial score (nSPS) is 20.3. The molecule has 39 heavy (non-hydrogen) atoms. The second-order valence-corrected chi connectivity index (χ2v) is 13.0. The van der Waals surface area contributed by atoms with Crippen LogP contribution in [0.5, 0.6) is 5.75 Å². The van der Waals surface area contributed by atoms with Gasteiger partial charge in [0.25, 0.3) is 5.91 Å². The Labute approximate surface area is 234 Å². The number of halogens is 1. The molecule has 1 amide bonds. The van der Waals surface area contributed by atoms with Crippen LogP contribution in [0.25, 0.3) is 0 Å². The lowest BCUT2D eigenvalue weighted by molar-refractivity contribution is -0.119. The molecule has 0 fully saturated rings. The molecule has 0 spiro atoms. The highest BCUT2D eigenvalue weighted by Gasteiger charge is 2.46. The molecule has 6 nitrogen and oxygen atoms in total. The number of carbonyl (C=O) groups is 3. The van der Waals surface area contributed by atoms with Gasteiger partial charge in [0.05, 0.1) is 0 Å². The Balaban J connectivity index is 1.38. The number of rotatable bonds is 5. The standard InChI is InChI=1S/C32H35ClN2O4/c1-18-6-9-20(12-22(18)33)34-27(38)17-39-21-10-7-19(8-11-21)28-29-23(13-31(2,3)15-25(29)36)35-24-14-32(4,5)16-26(37)30(24)28/h6-12,28,35H,13-17H2,1-5H3,(H,34,38). The van der Waals surface area contributed by atoms with E-state index in [2.05, 4.69) is 38.3 Å². The molecular formula is C32H35ClN2O4. The van der Waals surface area contributed by atoms with E-state index in [0.29, 0.717) is 40.4 Å². The number of carbonyl (C=O) groups excluding carboxylic acids is 3. The molecule has 2 aromatic rings. The Kier molecular flexibility index (Phi) is 6.96. The second-order valence-electron chi connectivity index (χ2n) is 12.6. The van der Waals surface area contributed by atoms with Crippen LogP contribution in [0.3, 0.4) is 0 Å². The van der Waals surface area contributed by atoms with Gasteiger partial charge in [-0.25, -0.2) is 0 Å². The number of benzene rings is 2. The summed E-state index contributed by atoms with van der Waals surface area (Å²) in [5.74, 6) is 0.0209. The summed E-state index contributed by atoms with van der Waals surface area (Å²) in [7, 11) is 0. The third-order valence-electron chi connectivity index (χ3n) is 7.76. The number of ketones is 2. The zero-order valence-corrected chi connectivity index (χ0v) is 23.9. The molecular weight excluding hydrogens is 512 g/mol. The Hall–Kier alpha value is -3.38. The summed E-state index contributed by atoms with van der Waals surface area (Å²) in [6.07, 6.45) is 2.43. The number of hydrogen-bond acceptors (Lipinski definition) is 5. The van der Waals surface area contributed by atoms with Crippen molar-refractivity contribution in [2.75, 3.05) is 11.9 Å². The summed E-state index contributed by atoms with van der Waals surface area (Å²) >= 11 is 6.15. The molecule has 2 aliphatic carbocycles. The largest absolute Gasteiger partial charge is 0.484 e. The van der Waals surface area contributed by atoms with Crippen LogP contribution in [0.15, 0.2) is 65.0 Å².